The highest BCUT2D eigenvalue weighted by Gasteiger charge is 2.35. The van der Waals surface area contributed by atoms with Crippen LogP contribution in [0.2, 0.25) is 5.02 Å². The number of fused-ring (bicyclic) bond motifs is 4. The maximum absolute atomic E-state index is 14.0. The van der Waals surface area contributed by atoms with Gasteiger partial charge in [-0.15, -0.1) is 5.10 Å². The molecule has 48 heavy (non-hydrogen) atoms. The molecule has 11 nitrogen and oxygen atoms in total. The molecule has 1 aromatic carbocycles. The molecule has 0 fully saturated rings. The molecule has 0 spiro atoms. The fourth-order valence-corrected chi connectivity index (χ4v) is 5.85. The molecule has 2 bridgehead atoms. The third kappa shape index (κ3) is 6.26. The van der Waals surface area contributed by atoms with Crippen LogP contribution in [0.4, 0.5) is 27.6 Å². The number of benzene rings is 1. The molecule has 17 heteroatoms. The number of alkyl halides is 5. The van der Waals surface area contributed by atoms with Gasteiger partial charge in [0, 0.05) is 39.9 Å². The molecular formula is C31H26ClF5N8O3. The van der Waals surface area contributed by atoms with E-state index in [-0.39, 0.29) is 50.4 Å². The van der Waals surface area contributed by atoms with Crippen LogP contribution < -0.4 is 15.6 Å². The summed E-state index contributed by atoms with van der Waals surface area (Å²) in [7, 11) is 1.36. The minimum Gasteiger partial charge on any atom is -0.495 e. The summed E-state index contributed by atoms with van der Waals surface area (Å²) < 4.78 is 76.4. The van der Waals surface area contributed by atoms with E-state index in [1.807, 2.05) is 0 Å². The normalized spacial score (nSPS) is 17.0. The summed E-state index contributed by atoms with van der Waals surface area (Å²) in [4.78, 5) is 31.4. The van der Waals surface area contributed by atoms with E-state index in [9.17, 15) is 31.5 Å². The van der Waals surface area contributed by atoms with E-state index in [4.69, 9.17) is 16.3 Å². The number of pyridine rings is 2. The number of hydrogen-bond acceptors (Lipinski definition) is 7. The van der Waals surface area contributed by atoms with E-state index >= 15 is 0 Å². The first-order valence-corrected chi connectivity index (χ1v) is 15.0. The monoisotopic (exact) mass is 688 g/mol. The highest BCUT2D eigenvalue weighted by molar-refractivity contribution is 6.31. The fraction of sp³-hybridized carbons (Fsp3) is 0.290. The Morgan fingerprint density at radius 3 is 2.56 bits per heavy atom. The molecule has 5 heterocycles. The van der Waals surface area contributed by atoms with Crippen molar-refractivity contribution in [1.82, 2.24) is 34.3 Å². The Labute approximate surface area is 273 Å². The minimum absolute atomic E-state index is 0.0240. The van der Waals surface area contributed by atoms with E-state index in [0.29, 0.717) is 29.6 Å². The zero-order valence-electron chi connectivity index (χ0n) is 25.2. The van der Waals surface area contributed by atoms with Crippen molar-refractivity contribution in [2.24, 2.45) is 5.92 Å². The van der Waals surface area contributed by atoms with Crippen LogP contribution in [0, 0.1) is 5.92 Å². The number of hydrogen-bond donors (Lipinski definition) is 1. The second kappa shape index (κ2) is 12.8. The number of carbonyl (C=O) groups is 1. The number of carbonyl (C=O) groups excluding carboxylic acids is 1. The molecule has 0 radical (unpaired) electrons. The lowest BCUT2D eigenvalue weighted by Gasteiger charge is -2.24. The smallest absolute Gasteiger partial charge is 0.436 e. The molecule has 1 aliphatic heterocycles. The highest BCUT2D eigenvalue weighted by Crippen LogP contribution is 2.38. The van der Waals surface area contributed by atoms with Gasteiger partial charge >= 0.3 is 12.7 Å². The number of anilines is 1. The third-order valence-electron chi connectivity index (χ3n) is 8.08. The van der Waals surface area contributed by atoms with Crippen LogP contribution in [0.15, 0.2) is 66.0 Å². The van der Waals surface area contributed by atoms with Gasteiger partial charge in [0.1, 0.15) is 5.75 Å². The van der Waals surface area contributed by atoms with Gasteiger partial charge in [-0.05, 0) is 43.2 Å². The van der Waals surface area contributed by atoms with E-state index in [1.54, 1.807) is 13.0 Å². The standard InChI is InChI=1S/C31H26ClF5N8O3/c1-16-4-3-5-24(21-10-17(8-9-38-21)28-22(40-29(16)47)13-39-45(28)30(33)34)43-14-25(48-2)20(12-27(43)46)19-11-18(32)6-7-23(19)44-15-26(41-42-44)31(35,36)37/h6-16,24,30H,3-5H2,1-2H3,(H,40,47)/t16-,24-/m1/s1. The molecule has 250 valence electrons. The van der Waals surface area contributed by atoms with E-state index in [0.717, 1.165) is 17.1 Å². The van der Waals surface area contributed by atoms with Gasteiger partial charge in [0.25, 0.3) is 5.56 Å². The van der Waals surface area contributed by atoms with E-state index in [2.05, 4.69) is 25.7 Å². The first kappa shape index (κ1) is 32.8. The lowest BCUT2D eigenvalue weighted by Crippen LogP contribution is -2.27. The Hall–Kier alpha value is -5.12. The van der Waals surface area contributed by atoms with Crippen molar-refractivity contribution in [2.75, 3.05) is 12.4 Å². The Balaban J connectivity index is 1.49. The van der Waals surface area contributed by atoms with Crippen LogP contribution in [-0.2, 0) is 11.0 Å². The number of nitrogens with one attached hydrogen (secondary N) is 1. The number of aromatic nitrogens is 7. The quantitative estimate of drug-likeness (QED) is 0.202. The number of halogens is 6. The summed E-state index contributed by atoms with van der Waals surface area (Å²) in [6, 6.07) is 7.95. The van der Waals surface area contributed by atoms with Gasteiger partial charge in [-0.1, -0.05) is 30.2 Å². The molecular weight excluding hydrogens is 663 g/mol. The highest BCUT2D eigenvalue weighted by atomic mass is 35.5. The average Bonchev–Trinajstić information content (AvgIpc) is 3.71. The molecule has 0 saturated heterocycles. The molecule has 1 amide bonds. The van der Waals surface area contributed by atoms with Gasteiger partial charge < -0.3 is 14.6 Å². The van der Waals surface area contributed by atoms with E-state index < -0.39 is 35.9 Å². The van der Waals surface area contributed by atoms with Gasteiger partial charge in [-0.3, -0.25) is 14.6 Å². The van der Waals surface area contributed by atoms with Gasteiger partial charge in [-0.2, -0.15) is 27.1 Å². The average molecular weight is 689 g/mol. The predicted octanol–water partition coefficient (Wildman–Crippen LogP) is 6.78. The van der Waals surface area contributed by atoms with Crippen molar-refractivity contribution >= 4 is 23.2 Å². The first-order valence-electron chi connectivity index (χ1n) is 14.6. The molecule has 4 aromatic heterocycles. The zero-order chi connectivity index (χ0) is 34.3. The number of ether oxygens (including phenoxy) is 1. The summed E-state index contributed by atoms with van der Waals surface area (Å²) in [6.07, 6.45) is 1.24. The lowest BCUT2D eigenvalue weighted by atomic mass is 9.96. The molecule has 0 saturated carbocycles. The summed E-state index contributed by atoms with van der Waals surface area (Å²) in [5.41, 5.74) is -0.379. The molecule has 2 atom stereocenters. The van der Waals surface area contributed by atoms with Crippen LogP contribution in [0.5, 0.6) is 5.75 Å². The van der Waals surface area contributed by atoms with E-state index in [1.165, 1.54) is 54.4 Å². The maximum Gasteiger partial charge on any atom is 0.436 e. The van der Waals surface area contributed by atoms with Crippen LogP contribution in [0.1, 0.15) is 50.2 Å². The number of nitrogens with zero attached hydrogens (tertiary/aromatic N) is 7. The summed E-state index contributed by atoms with van der Waals surface area (Å²) in [5.74, 6) is -0.697. The molecule has 1 N–H and O–H groups in total. The van der Waals surface area contributed by atoms with Gasteiger partial charge in [0.2, 0.25) is 5.91 Å². The van der Waals surface area contributed by atoms with Crippen molar-refractivity contribution in [2.45, 2.75) is 45.0 Å². The molecule has 1 aliphatic rings. The largest absolute Gasteiger partial charge is 0.495 e. The Morgan fingerprint density at radius 1 is 1.06 bits per heavy atom. The van der Waals surface area contributed by atoms with Gasteiger partial charge in [0.15, 0.2) is 5.69 Å². The molecule has 0 unspecified atom stereocenters. The Bertz CT molecular complexity index is 2060. The van der Waals surface area contributed by atoms with Crippen molar-refractivity contribution in [3.63, 3.8) is 0 Å². The Morgan fingerprint density at radius 2 is 1.85 bits per heavy atom. The zero-order valence-corrected chi connectivity index (χ0v) is 26.0. The molecule has 0 aliphatic carbocycles. The summed E-state index contributed by atoms with van der Waals surface area (Å²) in [5, 5.41) is 13.6. The number of amides is 1. The van der Waals surface area contributed by atoms with Crippen molar-refractivity contribution in [3.8, 4) is 33.8 Å². The van der Waals surface area contributed by atoms with Crippen LogP contribution in [0.3, 0.4) is 0 Å². The second-order valence-electron chi connectivity index (χ2n) is 11.1. The minimum atomic E-state index is -4.73. The SMILES string of the molecule is COc1cn([C@@H]2CCC[C@@H](C)C(=O)Nc3cnn(C(F)F)c3-c3ccnc2c3)c(=O)cc1-c1cc(Cl)ccc1-n1cc(C(F)(F)F)nn1. The fourth-order valence-electron chi connectivity index (χ4n) is 5.68. The van der Waals surface area contributed by atoms with Crippen LogP contribution in [0.25, 0.3) is 28.1 Å². The number of methoxy groups -OCH3 is 1. The Kier molecular flexibility index (Phi) is 8.76. The third-order valence-corrected chi connectivity index (χ3v) is 8.31. The van der Waals surface area contributed by atoms with Crippen LogP contribution >= 0.6 is 11.6 Å². The lowest BCUT2D eigenvalue weighted by molar-refractivity contribution is -0.141. The van der Waals surface area contributed by atoms with Crippen molar-refractivity contribution in [3.05, 3.63) is 87.9 Å². The second-order valence-corrected chi connectivity index (χ2v) is 11.6. The van der Waals surface area contributed by atoms with Gasteiger partial charge in [0.05, 0.1) is 54.5 Å². The van der Waals surface area contributed by atoms with Crippen LogP contribution in [-0.4, -0.2) is 47.3 Å². The number of rotatable bonds is 5. The molecule has 6 rings (SSSR count). The van der Waals surface area contributed by atoms with Crippen molar-refractivity contribution in [1.29, 1.82) is 0 Å². The van der Waals surface area contributed by atoms with Crippen molar-refractivity contribution < 1.29 is 31.5 Å². The predicted molar refractivity (Wildman–Crippen MR) is 164 cm³/mol. The maximum atomic E-state index is 14.0. The summed E-state index contributed by atoms with van der Waals surface area (Å²) >= 11 is 6.29. The molecule has 5 aromatic rings. The van der Waals surface area contributed by atoms with Gasteiger partial charge in [-0.25, -0.2) is 9.36 Å². The first-order chi connectivity index (χ1) is 22.8. The topological polar surface area (TPSA) is 122 Å². The summed E-state index contributed by atoms with van der Waals surface area (Å²) in [6.45, 7) is -1.29.